The Morgan fingerprint density at radius 1 is 1.73 bits per heavy atom. The lowest BCUT2D eigenvalue weighted by Crippen LogP contribution is -2.33. The van der Waals surface area contributed by atoms with Crippen molar-refractivity contribution >= 4 is 17.9 Å². The van der Waals surface area contributed by atoms with E-state index in [0.29, 0.717) is 0 Å². The first-order valence-electron chi connectivity index (χ1n) is 4.14. The summed E-state index contributed by atoms with van der Waals surface area (Å²) in [6.07, 6.45) is 0. The lowest BCUT2D eigenvalue weighted by atomic mass is 10.1. The zero-order chi connectivity index (χ0) is 11.0. The fourth-order valence-corrected chi connectivity index (χ4v) is 1.32. The second-order valence-electron chi connectivity index (χ2n) is 3.09. The van der Waals surface area contributed by atoms with Crippen LogP contribution in [0.15, 0.2) is 0 Å². The number of anilines is 1. The highest BCUT2D eigenvalue weighted by Gasteiger charge is 2.31. The molecule has 1 aromatic rings. The summed E-state index contributed by atoms with van der Waals surface area (Å²) in [7, 11) is 0. The molecule has 2 N–H and O–H groups in total. The molecule has 0 spiro atoms. The van der Waals surface area contributed by atoms with Crippen LogP contribution in [0.25, 0.3) is 0 Å². The minimum absolute atomic E-state index is 0.0957. The Bertz CT molecular complexity index is 427. The predicted molar refractivity (Wildman–Crippen MR) is 46.3 cm³/mol. The molecule has 1 aromatic heterocycles. The molecule has 9 heteroatoms. The fraction of sp³-hybridized carbons (Fsp3) is 0.500. The second kappa shape index (κ2) is 3.19. The van der Waals surface area contributed by atoms with Gasteiger partial charge in [-0.2, -0.15) is 4.68 Å². The van der Waals surface area contributed by atoms with Gasteiger partial charge in [0.1, 0.15) is 0 Å². The first-order valence-corrected chi connectivity index (χ1v) is 4.14. The van der Waals surface area contributed by atoms with E-state index in [1.54, 1.807) is 0 Å². The standard InChI is InChI=1S/C6H7N5O4/c12-4(13)3-1-7-5-8-6(11(14)15)9-10(5)2-3/h3H,1-2H2,(H,12,13)(H,7,8,9). The summed E-state index contributed by atoms with van der Waals surface area (Å²) in [6, 6.07) is 0. The van der Waals surface area contributed by atoms with Gasteiger partial charge in [0.25, 0.3) is 0 Å². The Morgan fingerprint density at radius 3 is 3.07 bits per heavy atom. The summed E-state index contributed by atoms with van der Waals surface area (Å²) in [5.41, 5.74) is 0. The van der Waals surface area contributed by atoms with Gasteiger partial charge in [-0.25, -0.2) is 0 Å². The van der Waals surface area contributed by atoms with Crippen LogP contribution in [0.3, 0.4) is 0 Å². The van der Waals surface area contributed by atoms with Gasteiger partial charge >= 0.3 is 17.9 Å². The summed E-state index contributed by atoms with van der Waals surface area (Å²) in [4.78, 5) is 23.9. The molecule has 2 heterocycles. The number of nitrogens with zero attached hydrogens (tertiary/aromatic N) is 4. The third-order valence-corrected chi connectivity index (χ3v) is 2.07. The highest BCUT2D eigenvalue weighted by Crippen LogP contribution is 2.18. The molecule has 9 nitrogen and oxygen atoms in total. The van der Waals surface area contributed by atoms with Crippen molar-refractivity contribution in [3.8, 4) is 0 Å². The number of hydrogen-bond donors (Lipinski definition) is 2. The van der Waals surface area contributed by atoms with E-state index in [-0.39, 0.29) is 19.0 Å². The molecule has 1 aliphatic rings. The molecule has 2 rings (SSSR count). The molecule has 15 heavy (non-hydrogen) atoms. The lowest BCUT2D eigenvalue weighted by molar-refractivity contribution is -0.394. The molecule has 0 saturated heterocycles. The van der Waals surface area contributed by atoms with Gasteiger partial charge in [0.15, 0.2) is 0 Å². The van der Waals surface area contributed by atoms with Crippen LogP contribution in [0.4, 0.5) is 11.9 Å². The maximum Gasteiger partial charge on any atom is 0.493 e. The Labute approximate surface area is 82.9 Å². The number of aromatic nitrogens is 3. The minimum Gasteiger partial charge on any atom is -0.481 e. The smallest absolute Gasteiger partial charge is 0.481 e. The van der Waals surface area contributed by atoms with E-state index in [9.17, 15) is 14.9 Å². The Hall–Kier alpha value is -2.19. The van der Waals surface area contributed by atoms with E-state index >= 15 is 0 Å². The Morgan fingerprint density at radius 2 is 2.47 bits per heavy atom. The van der Waals surface area contributed by atoms with Gasteiger partial charge in [-0.1, -0.05) is 0 Å². The zero-order valence-electron chi connectivity index (χ0n) is 7.45. The third-order valence-electron chi connectivity index (χ3n) is 2.07. The van der Waals surface area contributed by atoms with Gasteiger partial charge in [-0.15, -0.1) is 0 Å². The minimum atomic E-state index is -0.966. The van der Waals surface area contributed by atoms with E-state index in [0.717, 1.165) is 0 Å². The molecule has 0 aromatic carbocycles. The van der Waals surface area contributed by atoms with Crippen LogP contribution in [0.1, 0.15) is 0 Å². The SMILES string of the molecule is O=C(O)C1CNc2nc([N+](=O)[O-])nn2C1. The second-order valence-corrected chi connectivity index (χ2v) is 3.09. The summed E-state index contributed by atoms with van der Waals surface area (Å²) in [5, 5.41) is 25.3. The van der Waals surface area contributed by atoms with Crippen molar-refractivity contribution in [3.63, 3.8) is 0 Å². The topological polar surface area (TPSA) is 123 Å². The normalized spacial score (nSPS) is 19.1. The van der Waals surface area contributed by atoms with E-state index in [2.05, 4.69) is 15.4 Å². The number of carboxylic acid groups (broad SMARTS) is 1. The van der Waals surface area contributed by atoms with Gasteiger partial charge in [-0.05, 0) is 9.91 Å². The van der Waals surface area contributed by atoms with Crippen molar-refractivity contribution in [3.05, 3.63) is 10.1 Å². The number of rotatable bonds is 2. The fourth-order valence-electron chi connectivity index (χ4n) is 1.32. The monoisotopic (exact) mass is 213 g/mol. The van der Waals surface area contributed by atoms with Crippen molar-refractivity contribution in [2.45, 2.75) is 6.54 Å². The molecule has 0 amide bonds. The van der Waals surface area contributed by atoms with Crippen molar-refractivity contribution in [2.75, 3.05) is 11.9 Å². The molecule has 1 aliphatic heterocycles. The van der Waals surface area contributed by atoms with Crippen molar-refractivity contribution in [1.29, 1.82) is 0 Å². The number of nitro groups is 1. The van der Waals surface area contributed by atoms with Crippen LogP contribution in [0.5, 0.6) is 0 Å². The van der Waals surface area contributed by atoms with Crippen LogP contribution >= 0.6 is 0 Å². The molecule has 1 atom stereocenters. The molecule has 0 radical (unpaired) electrons. The van der Waals surface area contributed by atoms with Crippen LogP contribution in [-0.2, 0) is 11.3 Å². The number of aliphatic carboxylic acids is 1. The molecular formula is C6H7N5O4. The highest BCUT2D eigenvalue weighted by molar-refractivity contribution is 5.71. The van der Waals surface area contributed by atoms with Gasteiger partial charge in [0, 0.05) is 11.6 Å². The van der Waals surface area contributed by atoms with Crippen LogP contribution in [0.2, 0.25) is 0 Å². The largest absolute Gasteiger partial charge is 0.493 e. The Kier molecular flexibility index (Phi) is 1.99. The summed E-state index contributed by atoms with van der Waals surface area (Å²) >= 11 is 0. The quantitative estimate of drug-likeness (QED) is 0.492. The highest BCUT2D eigenvalue weighted by atomic mass is 16.6. The average Bonchev–Trinajstić information content (AvgIpc) is 2.59. The van der Waals surface area contributed by atoms with Crippen LogP contribution in [0, 0.1) is 16.0 Å². The first-order chi connectivity index (χ1) is 7.08. The number of nitrogens with one attached hydrogen (secondary N) is 1. The molecule has 0 bridgehead atoms. The van der Waals surface area contributed by atoms with Gasteiger partial charge in [0.2, 0.25) is 0 Å². The molecule has 1 unspecified atom stereocenters. The third kappa shape index (κ3) is 1.58. The Balaban J connectivity index is 2.26. The number of carbonyl (C=O) groups is 1. The van der Waals surface area contributed by atoms with Gasteiger partial charge in [0.05, 0.1) is 12.5 Å². The van der Waals surface area contributed by atoms with Crippen molar-refractivity contribution < 1.29 is 14.8 Å². The van der Waals surface area contributed by atoms with E-state index in [1.807, 2.05) is 0 Å². The molecule has 0 saturated carbocycles. The summed E-state index contributed by atoms with van der Waals surface area (Å²) < 4.78 is 1.19. The lowest BCUT2D eigenvalue weighted by Gasteiger charge is -2.16. The first kappa shape index (κ1) is 9.37. The summed E-state index contributed by atoms with van der Waals surface area (Å²) in [6.45, 7) is 0.295. The van der Waals surface area contributed by atoms with E-state index < -0.39 is 22.8 Å². The van der Waals surface area contributed by atoms with Gasteiger partial charge in [-0.3, -0.25) is 4.79 Å². The van der Waals surface area contributed by atoms with Crippen LogP contribution < -0.4 is 5.32 Å². The average molecular weight is 213 g/mol. The number of fused-ring (bicyclic) bond motifs is 1. The zero-order valence-corrected chi connectivity index (χ0v) is 7.45. The van der Waals surface area contributed by atoms with Gasteiger partial charge < -0.3 is 20.5 Å². The molecule has 80 valence electrons. The van der Waals surface area contributed by atoms with E-state index in [4.69, 9.17) is 5.11 Å². The predicted octanol–water partition coefficient (Wildman–Crippen LogP) is -0.687. The summed E-state index contributed by atoms with van der Waals surface area (Å²) in [5.74, 6) is -1.90. The number of hydrogen-bond acceptors (Lipinski definition) is 6. The molecular weight excluding hydrogens is 206 g/mol. The van der Waals surface area contributed by atoms with Crippen molar-refractivity contribution in [1.82, 2.24) is 14.8 Å². The van der Waals surface area contributed by atoms with Crippen molar-refractivity contribution in [2.24, 2.45) is 5.92 Å². The van der Waals surface area contributed by atoms with E-state index in [1.165, 1.54) is 4.68 Å². The molecule has 0 fully saturated rings. The van der Waals surface area contributed by atoms with Crippen LogP contribution in [-0.4, -0.2) is 37.3 Å². The maximum absolute atomic E-state index is 10.7. The molecule has 0 aliphatic carbocycles. The number of carboxylic acids is 1. The maximum atomic E-state index is 10.7.